The number of ether oxygens (including phenoxy) is 3. The van der Waals surface area contributed by atoms with Crippen LogP contribution in [0.15, 0.2) is 41.2 Å². The van der Waals surface area contributed by atoms with Gasteiger partial charge in [-0.05, 0) is 55.8 Å². The Balaban J connectivity index is 1.45. The molecular formula is C22H26N2O6. The summed E-state index contributed by atoms with van der Waals surface area (Å²) < 4.78 is 16.2. The maximum Gasteiger partial charge on any atom is 0.248 e. The highest BCUT2D eigenvalue weighted by molar-refractivity contribution is 5.89. The van der Waals surface area contributed by atoms with Crippen molar-refractivity contribution in [1.82, 2.24) is 10.3 Å². The first-order valence-electron chi connectivity index (χ1n) is 9.66. The molecule has 1 aromatic heterocycles. The molecule has 0 fully saturated rings. The van der Waals surface area contributed by atoms with E-state index in [9.17, 15) is 15.0 Å². The van der Waals surface area contributed by atoms with Gasteiger partial charge in [0.05, 0.1) is 26.3 Å². The number of nitrogens with one attached hydrogen (secondary N) is 2. The lowest BCUT2D eigenvalue weighted by Gasteiger charge is -2.13. The van der Waals surface area contributed by atoms with Crippen LogP contribution in [0.4, 0.5) is 0 Å². The van der Waals surface area contributed by atoms with Gasteiger partial charge >= 0.3 is 0 Å². The van der Waals surface area contributed by atoms with Crippen molar-refractivity contribution in [3.8, 4) is 28.7 Å². The quantitative estimate of drug-likeness (QED) is 0.377. The van der Waals surface area contributed by atoms with Crippen LogP contribution in [-0.4, -0.2) is 49.1 Å². The molecule has 0 spiro atoms. The van der Waals surface area contributed by atoms with Gasteiger partial charge < -0.3 is 34.7 Å². The zero-order valence-electron chi connectivity index (χ0n) is 17.0. The summed E-state index contributed by atoms with van der Waals surface area (Å²) in [6.45, 7) is 1.90. The van der Waals surface area contributed by atoms with Gasteiger partial charge in [-0.15, -0.1) is 0 Å². The molecule has 0 aliphatic heterocycles. The third-order valence-corrected chi connectivity index (χ3v) is 4.76. The molecule has 0 aliphatic carbocycles. The van der Waals surface area contributed by atoms with Crippen LogP contribution in [0.1, 0.15) is 12.0 Å². The number of H-pyrrole nitrogens is 1. The molecular weight excluding hydrogens is 388 g/mol. The van der Waals surface area contributed by atoms with Crippen molar-refractivity contribution in [3.05, 3.63) is 52.3 Å². The van der Waals surface area contributed by atoms with Crippen LogP contribution in [0.2, 0.25) is 0 Å². The van der Waals surface area contributed by atoms with Crippen molar-refractivity contribution in [3.63, 3.8) is 0 Å². The SMILES string of the molecule is COc1ccc(CCNCCCOc2ccc(O)c3[nH]c(=O)ccc23)c(O)c1OC. The van der Waals surface area contributed by atoms with Gasteiger partial charge in [0, 0.05) is 11.5 Å². The average molecular weight is 414 g/mol. The highest BCUT2D eigenvalue weighted by Gasteiger charge is 2.13. The number of methoxy groups -OCH3 is 2. The first kappa shape index (κ1) is 21.3. The van der Waals surface area contributed by atoms with Crippen molar-refractivity contribution in [2.24, 2.45) is 0 Å². The zero-order chi connectivity index (χ0) is 21.5. The lowest BCUT2D eigenvalue weighted by Crippen LogP contribution is -2.20. The predicted octanol–water partition coefficient (Wildman–Crippen LogP) is 2.56. The highest BCUT2D eigenvalue weighted by Crippen LogP contribution is 2.38. The second-order valence-corrected chi connectivity index (χ2v) is 6.70. The number of hydrogen-bond acceptors (Lipinski definition) is 7. The number of aromatic hydroxyl groups is 2. The first-order valence-corrected chi connectivity index (χ1v) is 9.66. The molecule has 30 heavy (non-hydrogen) atoms. The van der Waals surface area contributed by atoms with E-state index < -0.39 is 0 Å². The largest absolute Gasteiger partial charge is 0.506 e. The van der Waals surface area contributed by atoms with Gasteiger partial charge in [0.2, 0.25) is 11.3 Å². The molecule has 160 valence electrons. The van der Waals surface area contributed by atoms with Gasteiger partial charge in [-0.3, -0.25) is 4.79 Å². The van der Waals surface area contributed by atoms with Crippen LogP contribution in [0.25, 0.3) is 10.9 Å². The van der Waals surface area contributed by atoms with Gasteiger partial charge in [0.15, 0.2) is 11.5 Å². The average Bonchev–Trinajstić information content (AvgIpc) is 2.75. The Hall–Kier alpha value is -3.39. The maximum atomic E-state index is 11.5. The van der Waals surface area contributed by atoms with E-state index in [1.807, 2.05) is 6.07 Å². The van der Waals surface area contributed by atoms with Crippen LogP contribution in [0, 0.1) is 0 Å². The van der Waals surface area contributed by atoms with Crippen LogP contribution < -0.4 is 25.1 Å². The molecule has 0 saturated heterocycles. The molecule has 4 N–H and O–H groups in total. The molecule has 0 unspecified atom stereocenters. The number of rotatable bonds is 10. The topological polar surface area (TPSA) is 113 Å². The highest BCUT2D eigenvalue weighted by atomic mass is 16.5. The summed E-state index contributed by atoms with van der Waals surface area (Å²) in [6, 6.07) is 9.82. The Morgan fingerprint density at radius 1 is 0.967 bits per heavy atom. The third-order valence-electron chi connectivity index (χ3n) is 4.76. The molecule has 0 bridgehead atoms. The van der Waals surface area contributed by atoms with Gasteiger partial charge in [-0.25, -0.2) is 0 Å². The van der Waals surface area contributed by atoms with E-state index in [2.05, 4.69) is 10.3 Å². The van der Waals surface area contributed by atoms with Gasteiger partial charge in [-0.2, -0.15) is 0 Å². The molecule has 2 aromatic carbocycles. The number of fused-ring (bicyclic) bond motifs is 1. The Morgan fingerprint density at radius 2 is 1.77 bits per heavy atom. The fourth-order valence-electron chi connectivity index (χ4n) is 3.22. The van der Waals surface area contributed by atoms with Gasteiger partial charge in [-0.1, -0.05) is 6.07 Å². The minimum atomic E-state index is -0.278. The Labute approximate surface area is 174 Å². The standard InChI is InChI=1S/C22H26N2O6/c1-28-18-7-4-14(21(27)22(18)29-2)10-12-23-11-3-13-30-17-8-6-16(25)20-15(17)5-9-19(26)24-20/h4-9,23,25,27H,3,10-13H2,1-2H3,(H,24,26). The summed E-state index contributed by atoms with van der Waals surface area (Å²) in [5, 5.41) is 24.2. The van der Waals surface area contributed by atoms with Crippen molar-refractivity contribution in [2.45, 2.75) is 12.8 Å². The lowest BCUT2D eigenvalue weighted by molar-refractivity contribution is 0.311. The van der Waals surface area contributed by atoms with E-state index in [1.165, 1.54) is 26.4 Å². The van der Waals surface area contributed by atoms with Crippen LogP contribution in [0.5, 0.6) is 28.7 Å². The molecule has 8 nitrogen and oxygen atoms in total. The molecule has 0 amide bonds. The molecule has 0 radical (unpaired) electrons. The fraction of sp³-hybridized carbons (Fsp3) is 0.318. The molecule has 0 atom stereocenters. The van der Waals surface area contributed by atoms with E-state index in [-0.39, 0.29) is 17.1 Å². The van der Waals surface area contributed by atoms with Gasteiger partial charge in [0.1, 0.15) is 11.5 Å². The Morgan fingerprint density at radius 3 is 2.53 bits per heavy atom. The summed E-state index contributed by atoms with van der Waals surface area (Å²) >= 11 is 0. The number of phenolic OH excluding ortho intramolecular Hbond substituents is 2. The van der Waals surface area contributed by atoms with Crippen molar-refractivity contribution < 1.29 is 24.4 Å². The van der Waals surface area contributed by atoms with E-state index in [0.717, 1.165) is 18.5 Å². The predicted molar refractivity (Wildman–Crippen MR) is 114 cm³/mol. The van der Waals surface area contributed by atoms with E-state index in [4.69, 9.17) is 14.2 Å². The minimum Gasteiger partial charge on any atom is -0.506 e. The first-order chi connectivity index (χ1) is 14.5. The Kier molecular flexibility index (Phi) is 7.03. The zero-order valence-corrected chi connectivity index (χ0v) is 17.0. The number of benzene rings is 2. The number of phenols is 2. The molecule has 3 rings (SSSR count). The fourth-order valence-corrected chi connectivity index (χ4v) is 3.22. The molecule has 8 heteroatoms. The number of hydrogen-bond donors (Lipinski definition) is 4. The summed E-state index contributed by atoms with van der Waals surface area (Å²) in [4.78, 5) is 14.1. The maximum absolute atomic E-state index is 11.5. The minimum absolute atomic E-state index is 0.00938. The van der Waals surface area contributed by atoms with Crippen LogP contribution >= 0.6 is 0 Å². The van der Waals surface area contributed by atoms with E-state index in [0.29, 0.717) is 47.7 Å². The molecule has 0 saturated carbocycles. The summed E-state index contributed by atoms with van der Waals surface area (Å²) in [5.41, 5.74) is 0.869. The normalized spacial score (nSPS) is 10.9. The number of pyridine rings is 1. The molecule has 1 heterocycles. The monoisotopic (exact) mass is 414 g/mol. The number of aromatic amines is 1. The lowest BCUT2D eigenvalue weighted by atomic mass is 10.1. The third kappa shape index (κ3) is 4.77. The van der Waals surface area contributed by atoms with Crippen LogP contribution in [0.3, 0.4) is 0 Å². The summed E-state index contributed by atoms with van der Waals surface area (Å²) in [5.74, 6) is 1.55. The van der Waals surface area contributed by atoms with Crippen LogP contribution in [-0.2, 0) is 6.42 Å². The van der Waals surface area contributed by atoms with E-state index in [1.54, 1.807) is 18.2 Å². The summed E-state index contributed by atoms with van der Waals surface area (Å²) in [6.07, 6.45) is 1.41. The van der Waals surface area contributed by atoms with E-state index >= 15 is 0 Å². The second-order valence-electron chi connectivity index (χ2n) is 6.70. The van der Waals surface area contributed by atoms with Crippen molar-refractivity contribution in [1.29, 1.82) is 0 Å². The Bertz CT molecular complexity index is 1060. The van der Waals surface area contributed by atoms with Crippen molar-refractivity contribution >= 4 is 10.9 Å². The second kappa shape index (κ2) is 9.89. The smallest absolute Gasteiger partial charge is 0.248 e. The molecule has 0 aliphatic rings. The summed E-state index contributed by atoms with van der Waals surface area (Å²) in [7, 11) is 3.02. The molecule has 3 aromatic rings. The van der Waals surface area contributed by atoms with Gasteiger partial charge in [0.25, 0.3) is 0 Å². The number of aromatic nitrogens is 1. The van der Waals surface area contributed by atoms with Crippen molar-refractivity contribution in [2.75, 3.05) is 33.9 Å².